The molecule has 0 spiro atoms. The maximum Gasteiger partial charge on any atom is 0.337 e. The highest BCUT2D eigenvalue weighted by molar-refractivity contribution is 14.1. The van der Waals surface area contributed by atoms with Crippen molar-refractivity contribution in [1.29, 1.82) is 0 Å². The van der Waals surface area contributed by atoms with Crippen molar-refractivity contribution in [3.63, 3.8) is 0 Å². The number of hydrogen-bond acceptors (Lipinski definition) is 3. The van der Waals surface area contributed by atoms with Gasteiger partial charge in [0.05, 0.1) is 18.4 Å². The first-order valence-corrected chi connectivity index (χ1v) is 6.94. The van der Waals surface area contributed by atoms with Crippen LogP contribution in [0.25, 0.3) is 0 Å². The maximum absolute atomic E-state index is 12.1. The smallest absolute Gasteiger partial charge is 0.337 e. The summed E-state index contributed by atoms with van der Waals surface area (Å²) in [4.78, 5) is 23.4. The number of benzene rings is 2. The van der Waals surface area contributed by atoms with E-state index in [1.165, 1.54) is 7.11 Å². The Morgan fingerprint density at radius 1 is 1.00 bits per heavy atom. The standard InChI is InChI=1S/C15H12INO3/c1-20-15(19)11-8-6-10(7-9-11)14(18)17-13-5-3-2-4-12(13)16/h2-9H,1H3,(H,17,18). The summed E-state index contributed by atoms with van der Waals surface area (Å²) in [5, 5.41) is 2.83. The van der Waals surface area contributed by atoms with Gasteiger partial charge in [-0.1, -0.05) is 12.1 Å². The molecule has 2 aromatic carbocycles. The molecular formula is C15H12INO3. The number of methoxy groups -OCH3 is 1. The summed E-state index contributed by atoms with van der Waals surface area (Å²) in [7, 11) is 1.32. The minimum absolute atomic E-state index is 0.217. The van der Waals surface area contributed by atoms with Gasteiger partial charge in [0.2, 0.25) is 0 Å². The molecule has 102 valence electrons. The molecule has 1 amide bonds. The van der Waals surface area contributed by atoms with Gasteiger partial charge in [-0.25, -0.2) is 4.79 Å². The first-order chi connectivity index (χ1) is 9.61. The number of hydrogen-bond donors (Lipinski definition) is 1. The SMILES string of the molecule is COC(=O)c1ccc(C(=O)Nc2ccccc2I)cc1. The van der Waals surface area contributed by atoms with Gasteiger partial charge < -0.3 is 10.1 Å². The first-order valence-electron chi connectivity index (χ1n) is 5.86. The van der Waals surface area contributed by atoms with Crippen LogP contribution in [0.4, 0.5) is 5.69 Å². The summed E-state index contributed by atoms with van der Waals surface area (Å²) in [6.45, 7) is 0. The van der Waals surface area contributed by atoms with Crippen LogP contribution in [0.2, 0.25) is 0 Å². The molecule has 1 N–H and O–H groups in total. The van der Waals surface area contributed by atoms with E-state index >= 15 is 0 Å². The lowest BCUT2D eigenvalue weighted by atomic mass is 10.1. The van der Waals surface area contributed by atoms with Gasteiger partial charge in [-0.2, -0.15) is 0 Å². The van der Waals surface area contributed by atoms with Crippen molar-refractivity contribution in [3.05, 3.63) is 63.2 Å². The number of amides is 1. The zero-order valence-corrected chi connectivity index (χ0v) is 12.9. The minimum Gasteiger partial charge on any atom is -0.465 e. The van der Waals surface area contributed by atoms with E-state index in [9.17, 15) is 9.59 Å². The number of para-hydroxylation sites is 1. The number of halogens is 1. The van der Waals surface area contributed by atoms with E-state index in [1.54, 1.807) is 24.3 Å². The van der Waals surface area contributed by atoms with Gasteiger partial charge in [-0.05, 0) is 59.0 Å². The van der Waals surface area contributed by atoms with Gasteiger partial charge in [0.25, 0.3) is 5.91 Å². The fourth-order valence-electron chi connectivity index (χ4n) is 1.63. The van der Waals surface area contributed by atoms with E-state index in [2.05, 4.69) is 32.6 Å². The molecule has 5 heteroatoms. The van der Waals surface area contributed by atoms with Crippen molar-refractivity contribution >= 4 is 40.2 Å². The lowest BCUT2D eigenvalue weighted by Crippen LogP contribution is -2.13. The predicted octanol–water partition coefficient (Wildman–Crippen LogP) is 3.33. The molecule has 0 fully saturated rings. The average molecular weight is 381 g/mol. The van der Waals surface area contributed by atoms with Crippen molar-refractivity contribution < 1.29 is 14.3 Å². The summed E-state index contributed by atoms with van der Waals surface area (Å²) in [6, 6.07) is 13.8. The van der Waals surface area contributed by atoms with Gasteiger partial charge in [-0.3, -0.25) is 4.79 Å². The van der Waals surface area contributed by atoms with Crippen molar-refractivity contribution in [2.45, 2.75) is 0 Å². The lowest BCUT2D eigenvalue weighted by Gasteiger charge is -2.07. The molecule has 0 aliphatic heterocycles. The van der Waals surface area contributed by atoms with Crippen LogP contribution in [0.1, 0.15) is 20.7 Å². The molecule has 4 nitrogen and oxygen atoms in total. The monoisotopic (exact) mass is 381 g/mol. The fraction of sp³-hybridized carbons (Fsp3) is 0.0667. The molecule has 0 radical (unpaired) electrons. The molecule has 0 unspecified atom stereocenters. The van der Waals surface area contributed by atoms with E-state index in [1.807, 2.05) is 24.3 Å². The van der Waals surface area contributed by atoms with E-state index < -0.39 is 5.97 Å². The van der Waals surface area contributed by atoms with Crippen LogP contribution in [0, 0.1) is 3.57 Å². The highest BCUT2D eigenvalue weighted by atomic mass is 127. The van der Waals surface area contributed by atoms with Gasteiger partial charge in [0.15, 0.2) is 0 Å². The van der Waals surface area contributed by atoms with Crippen molar-refractivity contribution in [1.82, 2.24) is 0 Å². The number of esters is 1. The summed E-state index contributed by atoms with van der Waals surface area (Å²) in [5.41, 5.74) is 1.66. The van der Waals surface area contributed by atoms with Crippen molar-refractivity contribution in [2.75, 3.05) is 12.4 Å². The third-order valence-corrected chi connectivity index (χ3v) is 3.63. The molecule has 0 aliphatic carbocycles. The van der Waals surface area contributed by atoms with Crippen LogP contribution in [0.15, 0.2) is 48.5 Å². The van der Waals surface area contributed by atoms with E-state index in [0.29, 0.717) is 11.1 Å². The van der Waals surface area contributed by atoms with Crippen LogP contribution >= 0.6 is 22.6 Å². The third kappa shape index (κ3) is 3.36. The normalized spacial score (nSPS) is 9.90. The number of carbonyl (C=O) groups is 2. The highest BCUT2D eigenvalue weighted by Gasteiger charge is 2.10. The maximum atomic E-state index is 12.1. The van der Waals surface area contributed by atoms with E-state index in [-0.39, 0.29) is 5.91 Å². The van der Waals surface area contributed by atoms with Gasteiger partial charge in [0, 0.05) is 9.13 Å². The Labute approximate surface area is 130 Å². The first kappa shape index (κ1) is 14.5. The van der Waals surface area contributed by atoms with Crippen LogP contribution in [0.5, 0.6) is 0 Å². The van der Waals surface area contributed by atoms with E-state index in [4.69, 9.17) is 0 Å². The molecule has 0 atom stereocenters. The summed E-state index contributed by atoms with van der Waals surface area (Å²) in [6.07, 6.45) is 0. The summed E-state index contributed by atoms with van der Waals surface area (Å²) in [5.74, 6) is -0.639. The molecule has 0 aromatic heterocycles. The van der Waals surface area contributed by atoms with Gasteiger partial charge >= 0.3 is 5.97 Å². The van der Waals surface area contributed by atoms with Crippen LogP contribution in [-0.2, 0) is 4.74 Å². The van der Waals surface area contributed by atoms with Gasteiger partial charge in [0.1, 0.15) is 0 Å². The molecule has 2 rings (SSSR count). The minimum atomic E-state index is -0.422. The molecule has 0 saturated carbocycles. The number of anilines is 1. The van der Waals surface area contributed by atoms with Crippen LogP contribution in [0.3, 0.4) is 0 Å². The number of carbonyl (C=O) groups excluding carboxylic acids is 2. The zero-order valence-electron chi connectivity index (χ0n) is 10.7. The molecule has 0 bridgehead atoms. The Hall–Kier alpha value is -1.89. The Morgan fingerprint density at radius 2 is 1.60 bits per heavy atom. The fourth-order valence-corrected chi connectivity index (χ4v) is 2.15. The number of rotatable bonds is 3. The Kier molecular flexibility index (Phi) is 4.73. The molecule has 20 heavy (non-hydrogen) atoms. The van der Waals surface area contributed by atoms with E-state index in [0.717, 1.165) is 9.26 Å². The molecule has 0 saturated heterocycles. The predicted molar refractivity (Wildman–Crippen MR) is 84.9 cm³/mol. The van der Waals surface area contributed by atoms with Gasteiger partial charge in [-0.15, -0.1) is 0 Å². The van der Waals surface area contributed by atoms with Crippen molar-refractivity contribution in [2.24, 2.45) is 0 Å². The molecule has 0 aliphatic rings. The lowest BCUT2D eigenvalue weighted by molar-refractivity contribution is 0.0600. The molecule has 0 heterocycles. The molecule has 2 aromatic rings. The number of nitrogens with one attached hydrogen (secondary N) is 1. The Morgan fingerprint density at radius 3 is 2.20 bits per heavy atom. The summed E-state index contributed by atoms with van der Waals surface area (Å²) >= 11 is 2.16. The number of ether oxygens (including phenoxy) is 1. The Balaban J connectivity index is 2.14. The zero-order chi connectivity index (χ0) is 14.5. The largest absolute Gasteiger partial charge is 0.465 e. The third-order valence-electron chi connectivity index (χ3n) is 2.69. The summed E-state index contributed by atoms with van der Waals surface area (Å²) < 4.78 is 5.57. The topological polar surface area (TPSA) is 55.4 Å². The second kappa shape index (κ2) is 6.51. The second-order valence-corrected chi connectivity index (χ2v) is 5.17. The molecular weight excluding hydrogens is 369 g/mol. The highest BCUT2D eigenvalue weighted by Crippen LogP contribution is 2.18. The van der Waals surface area contributed by atoms with Crippen LogP contribution < -0.4 is 5.32 Å². The quantitative estimate of drug-likeness (QED) is 0.656. The van der Waals surface area contributed by atoms with Crippen molar-refractivity contribution in [3.8, 4) is 0 Å². The Bertz CT molecular complexity index is 638. The second-order valence-electron chi connectivity index (χ2n) is 4.00. The van der Waals surface area contributed by atoms with Crippen LogP contribution in [-0.4, -0.2) is 19.0 Å². The average Bonchev–Trinajstić information content (AvgIpc) is 2.49.